The van der Waals surface area contributed by atoms with Crippen LogP contribution >= 0.6 is 0 Å². The van der Waals surface area contributed by atoms with Gasteiger partial charge in [-0.05, 0) is 26.8 Å². The molecule has 1 heterocycles. The van der Waals surface area contributed by atoms with Crippen LogP contribution in [0.4, 0.5) is 0 Å². The molecule has 0 spiro atoms. The highest BCUT2D eigenvalue weighted by atomic mass is 15.3. The van der Waals surface area contributed by atoms with Crippen LogP contribution in [0.15, 0.2) is 0 Å². The zero-order chi connectivity index (χ0) is 10.6. The Kier molecular flexibility index (Phi) is 4.85. The quantitative estimate of drug-likeness (QED) is 0.709. The van der Waals surface area contributed by atoms with E-state index < -0.39 is 0 Å². The lowest BCUT2D eigenvalue weighted by Gasteiger charge is -2.26. The summed E-state index contributed by atoms with van der Waals surface area (Å²) in [6.07, 6.45) is 2.56. The second-order valence-corrected chi connectivity index (χ2v) is 4.46. The van der Waals surface area contributed by atoms with E-state index in [1.165, 1.54) is 25.9 Å². The summed E-state index contributed by atoms with van der Waals surface area (Å²) in [6, 6.07) is 1.47. The first-order valence-electron chi connectivity index (χ1n) is 5.83. The van der Waals surface area contributed by atoms with Crippen molar-refractivity contribution in [3.05, 3.63) is 0 Å². The molecule has 0 aromatic carbocycles. The van der Waals surface area contributed by atoms with Gasteiger partial charge in [0, 0.05) is 38.3 Å². The first-order valence-corrected chi connectivity index (χ1v) is 5.83. The summed E-state index contributed by atoms with van der Waals surface area (Å²) >= 11 is 0. The molecular formula is C11H25N3. The molecule has 2 atom stereocenters. The van der Waals surface area contributed by atoms with Crippen molar-refractivity contribution in [3.63, 3.8) is 0 Å². The highest BCUT2D eigenvalue weighted by molar-refractivity contribution is 4.84. The van der Waals surface area contributed by atoms with Crippen molar-refractivity contribution in [1.29, 1.82) is 0 Å². The highest BCUT2D eigenvalue weighted by Gasteiger charge is 2.27. The topological polar surface area (TPSA) is 32.5 Å². The number of nitrogens with two attached hydrogens (primary N) is 1. The molecule has 14 heavy (non-hydrogen) atoms. The van der Waals surface area contributed by atoms with Crippen molar-refractivity contribution < 1.29 is 0 Å². The smallest absolute Gasteiger partial charge is 0.0232 e. The molecule has 0 aromatic heterocycles. The summed E-state index contributed by atoms with van der Waals surface area (Å²) in [5.41, 5.74) is 5.56. The molecule has 1 aliphatic heterocycles. The molecule has 0 amide bonds. The number of rotatable bonds is 5. The SMILES string of the molecule is CCC(C)N1CCC(N(C)CCN)C1. The van der Waals surface area contributed by atoms with Gasteiger partial charge in [0.25, 0.3) is 0 Å². The molecule has 1 fully saturated rings. The van der Waals surface area contributed by atoms with Crippen molar-refractivity contribution in [2.45, 2.75) is 38.8 Å². The number of nitrogens with zero attached hydrogens (tertiary/aromatic N) is 2. The van der Waals surface area contributed by atoms with Crippen LogP contribution in [0.5, 0.6) is 0 Å². The van der Waals surface area contributed by atoms with Gasteiger partial charge in [-0.3, -0.25) is 4.90 Å². The van der Waals surface area contributed by atoms with Gasteiger partial charge in [-0.1, -0.05) is 6.92 Å². The van der Waals surface area contributed by atoms with Gasteiger partial charge in [-0.25, -0.2) is 0 Å². The zero-order valence-electron chi connectivity index (χ0n) is 9.87. The van der Waals surface area contributed by atoms with Crippen LogP contribution in [0, 0.1) is 0 Å². The summed E-state index contributed by atoms with van der Waals surface area (Å²) in [6.45, 7) is 8.88. The highest BCUT2D eigenvalue weighted by Crippen LogP contribution is 2.17. The molecule has 0 aliphatic carbocycles. The monoisotopic (exact) mass is 199 g/mol. The number of hydrogen-bond donors (Lipinski definition) is 1. The third-order valence-corrected chi connectivity index (χ3v) is 3.51. The van der Waals surface area contributed by atoms with Crippen molar-refractivity contribution in [2.24, 2.45) is 5.73 Å². The minimum atomic E-state index is 0.729. The summed E-state index contributed by atoms with van der Waals surface area (Å²) in [5, 5.41) is 0. The largest absolute Gasteiger partial charge is 0.329 e. The lowest BCUT2D eigenvalue weighted by molar-refractivity contribution is 0.207. The van der Waals surface area contributed by atoms with Crippen LogP contribution in [0.2, 0.25) is 0 Å². The van der Waals surface area contributed by atoms with Crippen LogP contribution in [-0.4, -0.2) is 55.1 Å². The predicted octanol–water partition coefficient (Wildman–Crippen LogP) is 0.750. The summed E-state index contributed by atoms with van der Waals surface area (Å²) in [4.78, 5) is 5.00. The van der Waals surface area contributed by atoms with E-state index in [0.717, 1.165) is 25.2 Å². The Bertz CT molecular complexity index is 161. The second-order valence-electron chi connectivity index (χ2n) is 4.46. The Balaban J connectivity index is 2.33. The van der Waals surface area contributed by atoms with E-state index in [1.54, 1.807) is 0 Å². The fourth-order valence-electron chi connectivity index (χ4n) is 2.17. The number of likely N-dealkylation sites (tertiary alicyclic amines) is 1. The standard InChI is InChI=1S/C11H25N3/c1-4-10(2)14-7-5-11(9-14)13(3)8-6-12/h10-11H,4-9,12H2,1-3H3. The van der Waals surface area contributed by atoms with E-state index >= 15 is 0 Å². The van der Waals surface area contributed by atoms with Gasteiger partial charge in [0.1, 0.15) is 0 Å². The van der Waals surface area contributed by atoms with E-state index in [-0.39, 0.29) is 0 Å². The molecule has 0 radical (unpaired) electrons. The lowest BCUT2D eigenvalue weighted by Crippen LogP contribution is -2.39. The van der Waals surface area contributed by atoms with Gasteiger partial charge in [0.15, 0.2) is 0 Å². The number of likely N-dealkylation sites (N-methyl/N-ethyl adjacent to an activating group) is 1. The zero-order valence-corrected chi connectivity index (χ0v) is 9.87. The van der Waals surface area contributed by atoms with E-state index in [2.05, 4.69) is 30.7 Å². The molecule has 2 unspecified atom stereocenters. The van der Waals surface area contributed by atoms with Crippen LogP contribution in [0.1, 0.15) is 26.7 Å². The van der Waals surface area contributed by atoms with Crippen LogP contribution in [-0.2, 0) is 0 Å². The average Bonchev–Trinajstić information content (AvgIpc) is 2.66. The molecule has 0 saturated carbocycles. The summed E-state index contributed by atoms with van der Waals surface area (Å²) in [5.74, 6) is 0. The van der Waals surface area contributed by atoms with Gasteiger partial charge in [0.05, 0.1) is 0 Å². The molecule has 2 N–H and O–H groups in total. The molecule has 1 rings (SSSR count). The Morgan fingerprint density at radius 2 is 2.29 bits per heavy atom. The molecule has 3 heteroatoms. The number of hydrogen-bond acceptors (Lipinski definition) is 3. The molecule has 0 aromatic rings. The molecule has 3 nitrogen and oxygen atoms in total. The Morgan fingerprint density at radius 1 is 1.57 bits per heavy atom. The van der Waals surface area contributed by atoms with Crippen molar-refractivity contribution in [3.8, 4) is 0 Å². The third-order valence-electron chi connectivity index (χ3n) is 3.51. The fourth-order valence-corrected chi connectivity index (χ4v) is 2.17. The fraction of sp³-hybridized carbons (Fsp3) is 1.00. The van der Waals surface area contributed by atoms with Crippen molar-refractivity contribution in [1.82, 2.24) is 9.80 Å². The Labute approximate surface area is 88.2 Å². The minimum absolute atomic E-state index is 0.729. The van der Waals surface area contributed by atoms with Gasteiger partial charge >= 0.3 is 0 Å². The molecule has 0 bridgehead atoms. The summed E-state index contributed by atoms with van der Waals surface area (Å²) < 4.78 is 0. The normalized spacial score (nSPS) is 25.9. The van der Waals surface area contributed by atoms with E-state index in [0.29, 0.717) is 0 Å². The van der Waals surface area contributed by atoms with E-state index in [9.17, 15) is 0 Å². The first-order chi connectivity index (χ1) is 6.69. The van der Waals surface area contributed by atoms with Gasteiger partial charge in [0.2, 0.25) is 0 Å². The van der Waals surface area contributed by atoms with Crippen molar-refractivity contribution in [2.75, 3.05) is 33.2 Å². The minimum Gasteiger partial charge on any atom is -0.329 e. The van der Waals surface area contributed by atoms with Crippen LogP contribution in [0.25, 0.3) is 0 Å². The van der Waals surface area contributed by atoms with Gasteiger partial charge < -0.3 is 10.6 Å². The van der Waals surface area contributed by atoms with Crippen LogP contribution < -0.4 is 5.73 Å². The molecular weight excluding hydrogens is 174 g/mol. The lowest BCUT2D eigenvalue weighted by atomic mass is 10.2. The third kappa shape index (κ3) is 2.94. The van der Waals surface area contributed by atoms with E-state index in [1.807, 2.05) is 0 Å². The maximum atomic E-state index is 5.56. The maximum Gasteiger partial charge on any atom is 0.0232 e. The Hall–Kier alpha value is -0.120. The Morgan fingerprint density at radius 3 is 2.86 bits per heavy atom. The van der Waals surface area contributed by atoms with E-state index in [4.69, 9.17) is 5.73 Å². The average molecular weight is 199 g/mol. The second kappa shape index (κ2) is 5.69. The van der Waals surface area contributed by atoms with Crippen LogP contribution in [0.3, 0.4) is 0 Å². The molecule has 84 valence electrons. The summed E-state index contributed by atoms with van der Waals surface area (Å²) in [7, 11) is 2.19. The first kappa shape index (κ1) is 12.0. The maximum absolute atomic E-state index is 5.56. The van der Waals surface area contributed by atoms with Gasteiger partial charge in [-0.15, -0.1) is 0 Å². The van der Waals surface area contributed by atoms with Crippen molar-refractivity contribution >= 4 is 0 Å². The van der Waals surface area contributed by atoms with Gasteiger partial charge in [-0.2, -0.15) is 0 Å². The molecule has 1 saturated heterocycles. The predicted molar refractivity (Wildman–Crippen MR) is 61.4 cm³/mol. The molecule has 1 aliphatic rings.